The predicted molar refractivity (Wildman–Crippen MR) is 153 cm³/mol. The van der Waals surface area contributed by atoms with Crippen molar-refractivity contribution in [3.63, 3.8) is 0 Å². The lowest BCUT2D eigenvalue weighted by Crippen LogP contribution is -2.50. The largest absolute Gasteiger partial charge is 0.454 e. The first kappa shape index (κ1) is 30.8. The van der Waals surface area contributed by atoms with E-state index in [0.29, 0.717) is 39.2 Å². The number of ether oxygens (including phenoxy) is 2. The van der Waals surface area contributed by atoms with Gasteiger partial charge in [0, 0.05) is 47.2 Å². The number of hydrogen-bond acceptors (Lipinski definition) is 6. The van der Waals surface area contributed by atoms with E-state index in [2.05, 4.69) is 5.32 Å². The van der Waals surface area contributed by atoms with Crippen LogP contribution in [-0.2, 0) is 26.2 Å². The van der Waals surface area contributed by atoms with Gasteiger partial charge in [-0.05, 0) is 50.5 Å². The van der Waals surface area contributed by atoms with Crippen molar-refractivity contribution in [1.29, 1.82) is 0 Å². The van der Waals surface area contributed by atoms with E-state index >= 15 is 0 Å². The van der Waals surface area contributed by atoms with Crippen LogP contribution in [0.5, 0.6) is 11.5 Å². The number of benzene rings is 2. The molecule has 2 aromatic rings. The average molecular weight is 601 g/mol. The molecule has 2 amide bonds. The molecule has 0 spiro atoms. The fourth-order valence-electron chi connectivity index (χ4n) is 4.26. The number of halogens is 2. The fourth-order valence-corrected chi connectivity index (χ4v) is 5.73. The number of nitrogens with zero attached hydrogens (tertiary/aromatic N) is 2. The third-order valence-corrected chi connectivity index (χ3v) is 8.48. The number of carbonyl (C=O) groups is 2. The SMILES string of the molecule is CC[C@@H](C)NC(=O)[C@H](CC)N(Cc1c(Cl)cccc1Cl)C(=O)CCCN(c1ccc2c(c1)OCO2)S(C)(=O)=O. The van der Waals surface area contributed by atoms with E-state index in [0.717, 1.165) is 12.7 Å². The zero-order valence-electron chi connectivity index (χ0n) is 22.6. The molecule has 0 aromatic heterocycles. The van der Waals surface area contributed by atoms with Crippen LogP contribution in [0.25, 0.3) is 0 Å². The zero-order valence-corrected chi connectivity index (χ0v) is 24.9. The van der Waals surface area contributed by atoms with Gasteiger partial charge in [-0.15, -0.1) is 0 Å². The first-order valence-corrected chi connectivity index (χ1v) is 15.5. The van der Waals surface area contributed by atoms with Crippen LogP contribution in [-0.4, -0.2) is 56.8 Å². The van der Waals surface area contributed by atoms with Crippen LogP contribution in [0.4, 0.5) is 5.69 Å². The smallest absolute Gasteiger partial charge is 0.243 e. The van der Waals surface area contributed by atoms with Gasteiger partial charge in [-0.3, -0.25) is 13.9 Å². The summed E-state index contributed by atoms with van der Waals surface area (Å²) in [4.78, 5) is 28.2. The maximum Gasteiger partial charge on any atom is 0.243 e. The lowest BCUT2D eigenvalue weighted by molar-refractivity contribution is -0.141. The second kappa shape index (κ2) is 13.6. The summed E-state index contributed by atoms with van der Waals surface area (Å²) < 4.78 is 37.1. The van der Waals surface area contributed by atoms with Crippen LogP contribution in [0, 0.1) is 0 Å². The summed E-state index contributed by atoms with van der Waals surface area (Å²) >= 11 is 12.8. The number of carbonyl (C=O) groups excluding carboxylic acids is 2. The minimum Gasteiger partial charge on any atom is -0.454 e. The van der Waals surface area contributed by atoms with Crippen molar-refractivity contribution in [2.45, 2.75) is 65.1 Å². The Labute approximate surface area is 240 Å². The van der Waals surface area contributed by atoms with Crippen LogP contribution in [0.15, 0.2) is 36.4 Å². The molecule has 2 aromatic carbocycles. The molecule has 3 rings (SSSR count). The summed E-state index contributed by atoms with van der Waals surface area (Å²) in [6.07, 6.45) is 2.45. The molecule has 1 N–H and O–H groups in total. The number of hydrogen-bond donors (Lipinski definition) is 1. The summed E-state index contributed by atoms with van der Waals surface area (Å²) in [5.74, 6) is 0.424. The summed E-state index contributed by atoms with van der Waals surface area (Å²) in [7, 11) is -3.65. The minimum atomic E-state index is -3.65. The zero-order chi connectivity index (χ0) is 28.7. The van der Waals surface area contributed by atoms with Gasteiger partial charge < -0.3 is 19.7 Å². The number of sulfonamides is 1. The highest BCUT2D eigenvalue weighted by Crippen LogP contribution is 2.36. The quantitative estimate of drug-likeness (QED) is 0.348. The van der Waals surface area contributed by atoms with E-state index in [1.54, 1.807) is 36.4 Å². The van der Waals surface area contributed by atoms with Crippen LogP contribution in [0.2, 0.25) is 10.0 Å². The Balaban J connectivity index is 1.81. The second-order valence-corrected chi connectivity index (χ2v) is 12.2. The van der Waals surface area contributed by atoms with E-state index in [-0.39, 0.29) is 50.6 Å². The van der Waals surface area contributed by atoms with Crippen molar-refractivity contribution in [2.75, 3.05) is 23.9 Å². The summed E-state index contributed by atoms with van der Waals surface area (Å²) in [6, 6.07) is 9.15. The van der Waals surface area contributed by atoms with Crippen LogP contribution in [0.3, 0.4) is 0 Å². The first-order chi connectivity index (χ1) is 18.5. The van der Waals surface area contributed by atoms with Gasteiger partial charge >= 0.3 is 0 Å². The molecule has 214 valence electrons. The van der Waals surface area contributed by atoms with Crippen molar-refractivity contribution in [2.24, 2.45) is 0 Å². The molecule has 0 aliphatic carbocycles. The Kier molecular flexibility index (Phi) is 10.7. The van der Waals surface area contributed by atoms with E-state index in [1.165, 1.54) is 9.21 Å². The van der Waals surface area contributed by atoms with E-state index in [9.17, 15) is 18.0 Å². The van der Waals surface area contributed by atoms with E-state index < -0.39 is 16.1 Å². The average Bonchev–Trinajstić information content (AvgIpc) is 3.35. The van der Waals surface area contributed by atoms with Gasteiger partial charge in [-0.2, -0.15) is 0 Å². The summed E-state index contributed by atoms with van der Waals surface area (Å²) in [6.45, 7) is 5.87. The predicted octanol–water partition coefficient (Wildman–Crippen LogP) is 4.99. The topological polar surface area (TPSA) is 105 Å². The molecule has 1 aliphatic heterocycles. The van der Waals surface area contributed by atoms with Gasteiger partial charge in [0.2, 0.25) is 28.6 Å². The normalized spacial score (nSPS) is 14.0. The van der Waals surface area contributed by atoms with Gasteiger partial charge in [0.15, 0.2) is 11.5 Å². The molecular formula is C27H35Cl2N3O6S. The van der Waals surface area contributed by atoms with Crippen LogP contribution in [0.1, 0.15) is 52.0 Å². The monoisotopic (exact) mass is 599 g/mol. The molecule has 0 saturated carbocycles. The number of amides is 2. The fraction of sp³-hybridized carbons (Fsp3) is 0.481. The molecular weight excluding hydrogens is 565 g/mol. The van der Waals surface area contributed by atoms with Crippen LogP contribution < -0.4 is 19.1 Å². The highest BCUT2D eigenvalue weighted by molar-refractivity contribution is 7.92. The van der Waals surface area contributed by atoms with Crippen molar-refractivity contribution in [1.82, 2.24) is 10.2 Å². The summed E-state index contributed by atoms with van der Waals surface area (Å²) in [5, 5.41) is 3.74. The molecule has 9 nitrogen and oxygen atoms in total. The Hall–Kier alpha value is -2.69. The van der Waals surface area contributed by atoms with Gasteiger partial charge in [0.1, 0.15) is 6.04 Å². The molecule has 0 saturated heterocycles. The lowest BCUT2D eigenvalue weighted by atomic mass is 10.1. The Morgan fingerprint density at radius 3 is 2.33 bits per heavy atom. The van der Waals surface area contributed by atoms with Crippen molar-refractivity contribution < 1.29 is 27.5 Å². The molecule has 2 atom stereocenters. The Morgan fingerprint density at radius 2 is 1.72 bits per heavy atom. The highest BCUT2D eigenvalue weighted by Gasteiger charge is 2.30. The molecule has 0 unspecified atom stereocenters. The van der Waals surface area contributed by atoms with Crippen molar-refractivity contribution >= 4 is 50.7 Å². The molecule has 0 fully saturated rings. The maximum atomic E-state index is 13.6. The van der Waals surface area contributed by atoms with E-state index in [4.69, 9.17) is 32.7 Å². The Morgan fingerprint density at radius 1 is 1.05 bits per heavy atom. The number of rotatable bonds is 13. The standard InChI is InChI=1S/C27H35Cl2N3O6S/c1-5-18(3)30-27(34)23(6-2)31(16-20-21(28)9-7-10-22(20)29)26(33)11-8-14-32(39(4,35)36)19-12-13-24-25(15-19)38-17-37-24/h7,9-10,12-13,15,18,23H,5-6,8,11,14,16-17H2,1-4H3,(H,30,34)/t18-,23+/m1/s1. The third-order valence-electron chi connectivity index (χ3n) is 6.57. The Bertz CT molecular complexity index is 1270. The maximum absolute atomic E-state index is 13.6. The minimum absolute atomic E-state index is 0.00571. The summed E-state index contributed by atoms with van der Waals surface area (Å²) in [5.41, 5.74) is 0.954. The molecule has 0 radical (unpaired) electrons. The van der Waals surface area contributed by atoms with Gasteiger partial charge in [-0.25, -0.2) is 8.42 Å². The van der Waals surface area contributed by atoms with Gasteiger partial charge in [-0.1, -0.05) is 43.1 Å². The molecule has 1 heterocycles. The molecule has 39 heavy (non-hydrogen) atoms. The van der Waals surface area contributed by atoms with Crippen molar-refractivity contribution in [3.8, 4) is 11.5 Å². The molecule has 0 bridgehead atoms. The number of fused-ring (bicyclic) bond motifs is 1. The second-order valence-electron chi connectivity index (χ2n) is 9.44. The highest BCUT2D eigenvalue weighted by atomic mass is 35.5. The lowest BCUT2D eigenvalue weighted by Gasteiger charge is -2.32. The number of anilines is 1. The van der Waals surface area contributed by atoms with E-state index in [1.807, 2.05) is 20.8 Å². The first-order valence-electron chi connectivity index (χ1n) is 12.9. The van der Waals surface area contributed by atoms with Gasteiger partial charge in [0.25, 0.3) is 0 Å². The molecule has 12 heteroatoms. The third kappa shape index (κ3) is 7.93. The number of nitrogens with one attached hydrogen (secondary N) is 1. The van der Waals surface area contributed by atoms with Gasteiger partial charge in [0.05, 0.1) is 11.9 Å². The van der Waals surface area contributed by atoms with Crippen LogP contribution >= 0.6 is 23.2 Å². The van der Waals surface area contributed by atoms with Crippen molar-refractivity contribution in [3.05, 3.63) is 52.0 Å². The molecule has 1 aliphatic rings.